The maximum atomic E-state index is 10.8. The maximum absolute atomic E-state index is 10.8. The van der Waals surface area contributed by atoms with Crippen molar-refractivity contribution in [2.24, 2.45) is 5.92 Å². The third-order valence-electron chi connectivity index (χ3n) is 4.17. The molecule has 0 aliphatic rings. The van der Waals surface area contributed by atoms with Crippen molar-refractivity contribution in [3.63, 3.8) is 0 Å². The molecule has 0 radical (unpaired) electrons. The van der Waals surface area contributed by atoms with Gasteiger partial charge in [0.05, 0.1) is 5.92 Å². The number of rotatable bonds is 17. The van der Waals surface area contributed by atoms with E-state index < -0.39 is 17.9 Å². The normalized spacial score (nSPS) is 12.3. The molecule has 4 nitrogen and oxygen atoms in total. The average Bonchev–Trinajstić information content (AvgIpc) is 2.54. The van der Waals surface area contributed by atoms with Crippen LogP contribution in [0.25, 0.3) is 0 Å². The van der Waals surface area contributed by atoms with Gasteiger partial charge in [-0.05, 0) is 38.5 Å². The minimum atomic E-state index is -0.767. The highest BCUT2D eigenvalue weighted by Crippen LogP contribution is 2.13. The van der Waals surface area contributed by atoms with Gasteiger partial charge >= 0.3 is 11.9 Å². The summed E-state index contributed by atoms with van der Waals surface area (Å²) in [5, 5.41) is 17.4. The van der Waals surface area contributed by atoms with E-state index in [2.05, 4.69) is 18.7 Å². The van der Waals surface area contributed by atoms with Crippen LogP contribution < -0.4 is 0 Å². The van der Waals surface area contributed by atoms with Crippen molar-refractivity contribution in [2.45, 2.75) is 83.5 Å². The van der Waals surface area contributed by atoms with Gasteiger partial charge < -0.3 is 10.2 Å². The van der Waals surface area contributed by atoms with Gasteiger partial charge in [0.2, 0.25) is 0 Å². The molecule has 138 valence electrons. The minimum absolute atomic E-state index is 0.292. The Morgan fingerprint density at radius 1 is 0.792 bits per heavy atom. The summed E-state index contributed by atoms with van der Waals surface area (Å²) in [7, 11) is 0. The highest BCUT2D eigenvalue weighted by Gasteiger charge is 2.11. The number of hydrogen-bond acceptors (Lipinski definition) is 2. The number of carboxylic acids is 2. The third kappa shape index (κ3) is 15.3. The fraction of sp³-hybridized carbons (Fsp3) is 0.700. The van der Waals surface area contributed by atoms with E-state index >= 15 is 0 Å². The van der Waals surface area contributed by atoms with Crippen molar-refractivity contribution >= 4 is 11.9 Å². The predicted molar refractivity (Wildman–Crippen MR) is 98.1 cm³/mol. The molecule has 1 unspecified atom stereocenters. The van der Waals surface area contributed by atoms with Crippen LogP contribution in [-0.2, 0) is 9.59 Å². The van der Waals surface area contributed by atoms with Gasteiger partial charge in [-0.1, -0.05) is 56.8 Å². The van der Waals surface area contributed by atoms with E-state index in [9.17, 15) is 9.59 Å². The van der Waals surface area contributed by atoms with Crippen molar-refractivity contribution in [1.29, 1.82) is 0 Å². The summed E-state index contributed by atoms with van der Waals surface area (Å²) in [5.41, 5.74) is 0. The van der Waals surface area contributed by atoms with Gasteiger partial charge in [0.15, 0.2) is 0 Å². The molecule has 1 atom stereocenters. The average molecular weight is 338 g/mol. The summed E-state index contributed by atoms with van der Waals surface area (Å²) < 4.78 is 0. The Balaban J connectivity index is 3.28. The second-order valence-corrected chi connectivity index (χ2v) is 6.34. The van der Waals surface area contributed by atoms with Crippen LogP contribution in [0, 0.1) is 5.92 Å². The highest BCUT2D eigenvalue weighted by atomic mass is 16.4. The lowest BCUT2D eigenvalue weighted by atomic mass is 10.0. The summed E-state index contributed by atoms with van der Waals surface area (Å²) in [6.45, 7) is 3.56. The zero-order valence-corrected chi connectivity index (χ0v) is 14.9. The second-order valence-electron chi connectivity index (χ2n) is 6.34. The number of aliphatic carboxylic acids is 2. The first-order valence-electron chi connectivity index (χ1n) is 9.30. The summed E-state index contributed by atoms with van der Waals surface area (Å²) in [5.74, 6) is -1.86. The maximum Gasteiger partial charge on any atom is 0.310 e. The molecule has 0 bridgehead atoms. The van der Waals surface area contributed by atoms with E-state index in [4.69, 9.17) is 10.2 Å². The summed E-state index contributed by atoms with van der Waals surface area (Å²) >= 11 is 0. The summed E-state index contributed by atoms with van der Waals surface area (Å²) in [4.78, 5) is 21.2. The molecule has 24 heavy (non-hydrogen) atoms. The van der Waals surface area contributed by atoms with E-state index in [1.165, 1.54) is 25.3 Å². The molecular formula is C20H34O4. The van der Waals surface area contributed by atoms with Crippen molar-refractivity contribution in [2.75, 3.05) is 0 Å². The van der Waals surface area contributed by atoms with Crippen molar-refractivity contribution in [3.05, 3.63) is 24.8 Å². The van der Waals surface area contributed by atoms with Gasteiger partial charge in [0.1, 0.15) is 0 Å². The molecule has 0 fully saturated rings. The molecule has 0 rings (SSSR count). The minimum Gasteiger partial charge on any atom is -0.481 e. The molecule has 0 aromatic carbocycles. The van der Waals surface area contributed by atoms with E-state index in [0.717, 1.165) is 51.4 Å². The van der Waals surface area contributed by atoms with Crippen LogP contribution in [0.3, 0.4) is 0 Å². The van der Waals surface area contributed by atoms with Crippen LogP contribution in [0.5, 0.6) is 0 Å². The van der Waals surface area contributed by atoms with Gasteiger partial charge in [-0.15, -0.1) is 6.58 Å². The van der Waals surface area contributed by atoms with E-state index in [-0.39, 0.29) is 0 Å². The molecule has 0 aromatic rings. The first kappa shape index (κ1) is 22.4. The highest BCUT2D eigenvalue weighted by molar-refractivity contribution is 5.71. The molecule has 0 aromatic heterocycles. The third-order valence-corrected chi connectivity index (χ3v) is 4.17. The number of hydrogen-bond donors (Lipinski definition) is 2. The molecule has 4 heteroatoms. The van der Waals surface area contributed by atoms with Crippen molar-refractivity contribution in [1.82, 2.24) is 0 Å². The molecule has 0 saturated heterocycles. The predicted octanol–water partition coefficient (Wildman–Crippen LogP) is 5.59. The van der Waals surface area contributed by atoms with Crippen LogP contribution in [-0.4, -0.2) is 22.2 Å². The van der Waals surface area contributed by atoms with Gasteiger partial charge in [0.25, 0.3) is 0 Å². The first-order valence-corrected chi connectivity index (χ1v) is 9.30. The van der Waals surface area contributed by atoms with Crippen molar-refractivity contribution in [3.8, 4) is 0 Å². The fourth-order valence-electron chi connectivity index (χ4n) is 2.63. The van der Waals surface area contributed by atoms with Gasteiger partial charge in [-0.2, -0.15) is 0 Å². The summed E-state index contributed by atoms with van der Waals surface area (Å²) in [6, 6.07) is 0. The smallest absolute Gasteiger partial charge is 0.310 e. The lowest BCUT2D eigenvalue weighted by Gasteiger charge is -2.06. The Morgan fingerprint density at radius 2 is 1.29 bits per heavy atom. The molecule has 0 aliphatic carbocycles. The number of carboxylic acid groups (broad SMARTS) is 2. The largest absolute Gasteiger partial charge is 0.481 e. The quantitative estimate of drug-likeness (QED) is 0.268. The molecule has 0 aliphatic heterocycles. The zero-order chi connectivity index (χ0) is 18.0. The molecule has 0 heterocycles. The molecule has 0 amide bonds. The Kier molecular flexibility index (Phi) is 15.2. The van der Waals surface area contributed by atoms with Crippen LogP contribution in [0.1, 0.15) is 83.5 Å². The fourth-order valence-corrected chi connectivity index (χ4v) is 2.63. The van der Waals surface area contributed by atoms with Gasteiger partial charge in [-0.3, -0.25) is 9.59 Å². The van der Waals surface area contributed by atoms with E-state index in [1.807, 2.05) is 0 Å². The van der Waals surface area contributed by atoms with Crippen molar-refractivity contribution < 1.29 is 19.8 Å². The van der Waals surface area contributed by atoms with Gasteiger partial charge in [-0.25, -0.2) is 0 Å². The second kappa shape index (κ2) is 16.3. The van der Waals surface area contributed by atoms with Crippen LogP contribution in [0.4, 0.5) is 0 Å². The Hall–Kier alpha value is -1.58. The lowest BCUT2D eigenvalue weighted by molar-refractivity contribution is -0.140. The topological polar surface area (TPSA) is 74.6 Å². The van der Waals surface area contributed by atoms with Crippen LogP contribution in [0.15, 0.2) is 24.8 Å². The molecule has 0 saturated carbocycles. The summed E-state index contributed by atoms with van der Waals surface area (Å²) in [6.07, 6.45) is 18.9. The Morgan fingerprint density at radius 3 is 1.79 bits per heavy atom. The Bertz CT molecular complexity index is 374. The first-order chi connectivity index (χ1) is 11.6. The van der Waals surface area contributed by atoms with E-state index in [1.54, 1.807) is 0 Å². The molecular weight excluding hydrogens is 304 g/mol. The standard InChI is InChI=1S/C20H34O4/c1-2-18(20(23)24)16-14-12-10-8-6-4-3-5-7-9-11-13-15-17-19(21)22/h2-3,5,18H,1,4,6-17H2,(H,21,22)(H,23,24). The van der Waals surface area contributed by atoms with Crippen LogP contribution in [0.2, 0.25) is 0 Å². The molecule has 2 N–H and O–H groups in total. The van der Waals surface area contributed by atoms with E-state index in [0.29, 0.717) is 12.8 Å². The monoisotopic (exact) mass is 338 g/mol. The number of unbranched alkanes of at least 4 members (excludes halogenated alkanes) is 9. The zero-order valence-electron chi connectivity index (χ0n) is 14.9. The Labute approximate surface area is 146 Å². The molecule has 0 spiro atoms. The van der Waals surface area contributed by atoms with Crippen LogP contribution >= 0.6 is 0 Å². The van der Waals surface area contributed by atoms with Gasteiger partial charge in [0, 0.05) is 6.42 Å². The number of carbonyl (C=O) groups is 2. The lowest BCUT2D eigenvalue weighted by Crippen LogP contribution is -2.10. The SMILES string of the molecule is C=CC(CCCCCCCC=CCCCCCCC(=O)O)C(=O)O. The number of allylic oxidation sites excluding steroid dienone is 2.